The molecule has 2 amide bonds. The maximum atomic E-state index is 14.1. The number of fused-ring (bicyclic) bond motifs is 1. The summed E-state index contributed by atoms with van der Waals surface area (Å²) in [6.07, 6.45) is -9.76. The molecule has 3 fully saturated rings. The van der Waals surface area contributed by atoms with E-state index in [1.165, 1.54) is 0 Å². The van der Waals surface area contributed by atoms with E-state index in [9.17, 15) is 33.6 Å². The molecule has 0 aromatic carbocycles. The fourth-order valence-corrected chi connectivity index (χ4v) is 7.05. The van der Waals surface area contributed by atoms with Crippen LogP contribution in [0.3, 0.4) is 0 Å². The molecule has 0 radical (unpaired) electrons. The van der Waals surface area contributed by atoms with Crippen LogP contribution in [0.4, 0.5) is 4.79 Å². The molecule has 17 nitrogen and oxygen atoms in total. The van der Waals surface area contributed by atoms with E-state index in [2.05, 4.69) is 5.32 Å². The second-order valence-corrected chi connectivity index (χ2v) is 13.1. The SMILES string of the molecule is COC(=O)[C@@]1(N2C(=O)NC(N)[C@@H]3[C@H]2C(C)(C)C3(C)C)C[C@H](OC(C)=O)[C@@H](OC(C)=O)[C@H]([C@@H](OC(C)=O)[C@@H](COC(C)=O)OC(C)=O)O1. The van der Waals surface area contributed by atoms with Crippen LogP contribution in [0.2, 0.25) is 0 Å². The van der Waals surface area contributed by atoms with Crippen LogP contribution < -0.4 is 11.1 Å². The van der Waals surface area contributed by atoms with Crippen LogP contribution in [0.25, 0.3) is 0 Å². The molecular formula is C30H45N3O14. The van der Waals surface area contributed by atoms with Gasteiger partial charge in [0.15, 0.2) is 18.3 Å². The number of carbonyl (C=O) groups is 7. The zero-order chi connectivity index (χ0) is 35.8. The van der Waals surface area contributed by atoms with Crippen LogP contribution in [-0.4, -0.2) is 109 Å². The molecule has 3 aliphatic rings. The molecule has 3 N–H and O–H groups in total. The number of nitrogens with two attached hydrogens (primary N) is 1. The van der Waals surface area contributed by atoms with Crippen molar-refractivity contribution >= 4 is 41.8 Å². The summed E-state index contributed by atoms with van der Waals surface area (Å²) in [7, 11) is 1.05. The molecule has 0 spiro atoms. The van der Waals surface area contributed by atoms with Crippen molar-refractivity contribution in [1.29, 1.82) is 0 Å². The Morgan fingerprint density at radius 2 is 1.47 bits per heavy atom. The number of hydrogen-bond donors (Lipinski definition) is 2. The summed E-state index contributed by atoms with van der Waals surface area (Å²) in [4.78, 5) is 90.6. The molecule has 1 aliphatic carbocycles. The highest BCUT2D eigenvalue weighted by Crippen LogP contribution is 2.65. The van der Waals surface area contributed by atoms with Crippen molar-refractivity contribution in [2.24, 2.45) is 22.5 Å². The average Bonchev–Trinajstić information content (AvgIpc) is 2.93. The van der Waals surface area contributed by atoms with Gasteiger partial charge < -0.3 is 44.2 Å². The van der Waals surface area contributed by atoms with E-state index in [0.717, 1.165) is 46.6 Å². The van der Waals surface area contributed by atoms with E-state index in [4.69, 9.17) is 38.9 Å². The summed E-state index contributed by atoms with van der Waals surface area (Å²) in [5.74, 6) is -5.91. The first-order valence-corrected chi connectivity index (χ1v) is 15.1. The Morgan fingerprint density at radius 1 is 0.894 bits per heavy atom. The molecule has 2 aliphatic heterocycles. The zero-order valence-corrected chi connectivity index (χ0v) is 28.3. The van der Waals surface area contributed by atoms with Crippen molar-refractivity contribution in [1.82, 2.24) is 10.2 Å². The first kappa shape index (κ1) is 37.5. The van der Waals surface area contributed by atoms with Gasteiger partial charge in [0.05, 0.1) is 13.3 Å². The summed E-state index contributed by atoms with van der Waals surface area (Å²) < 4.78 is 38.9. The van der Waals surface area contributed by atoms with Crippen molar-refractivity contribution in [2.75, 3.05) is 13.7 Å². The van der Waals surface area contributed by atoms with Gasteiger partial charge in [-0.15, -0.1) is 0 Å². The molecule has 2 heterocycles. The smallest absolute Gasteiger partial charge is 0.360 e. The molecule has 0 bridgehead atoms. The van der Waals surface area contributed by atoms with Gasteiger partial charge >= 0.3 is 41.8 Å². The van der Waals surface area contributed by atoms with Gasteiger partial charge in [0.2, 0.25) is 5.72 Å². The Morgan fingerprint density at radius 3 is 1.96 bits per heavy atom. The number of esters is 6. The molecule has 264 valence electrons. The minimum atomic E-state index is -2.43. The number of urea groups is 1. The highest BCUT2D eigenvalue weighted by molar-refractivity contribution is 5.88. The molecule has 1 saturated carbocycles. The Balaban J connectivity index is 2.35. The molecular weight excluding hydrogens is 626 g/mol. The predicted octanol–water partition coefficient (Wildman–Crippen LogP) is 0.295. The lowest BCUT2D eigenvalue weighted by molar-refractivity contribution is -0.318. The Kier molecular flexibility index (Phi) is 10.9. The third-order valence-corrected chi connectivity index (χ3v) is 9.52. The van der Waals surface area contributed by atoms with Crippen LogP contribution in [-0.2, 0) is 61.9 Å². The average molecular weight is 672 g/mol. The van der Waals surface area contributed by atoms with Crippen LogP contribution in [0.5, 0.6) is 0 Å². The Bertz CT molecular complexity index is 1300. The third kappa shape index (κ3) is 7.00. The standard InChI is InChI=1S/C30H45N3O14/c1-13(34)42-12-19(44-15(3)36)22(46-17(5)38)23-21(45-16(4)37)18(43-14(2)35)11-30(47-23,26(39)41-10)33-24-20(25(31)32-27(33)40)28(6,7)29(24,8)9/h18-25H,11-12,31H2,1-10H3,(H,32,40)/t18-,19+,20-,21+,22-,23+,24-,25?,30+/m0/s1. The second kappa shape index (κ2) is 13.6. The van der Waals surface area contributed by atoms with E-state index >= 15 is 0 Å². The van der Waals surface area contributed by atoms with Gasteiger partial charge in [-0.05, 0) is 10.8 Å². The first-order valence-electron chi connectivity index (χ1n) is 15.1. The zero-order valence-electron chi connectivity index (χ0n) is 28.3. The van der Waals surface area contributed by atoms with Gasteiger partial charge in [-0.2, -0.15) is 0 Å². The minimum Gasteiger partial charge on any atom is -0.465 e. The maximum absolute atomic E-state index is 14.1. The molecule has 17 heteroatoms. The second-order valence-electron chi connectivity index (χ2n) is 13.1. The number of hydrogen-bond acceptors (Lipinski definition) is 15. The third-order valence-electron chi connectivity index (χ3n) is 9.52. The number of amides is 2. The summed E-state index contributed by atoms with van der Waals surface area (Å²) in [6, 6.07) is -1.58. The number of rotatable bonds is 10. The van der Waals surface area contributed by atoms with Gasteiger partial charge in [0.25, 0.3) is 0 Å². The van der Waals surface area contributed by atoms with E-state index < -0.39 is 120 Å². The lowest BCUT2D eigenvalue weighted by atomic mass is 9.41. The molecule has 47 heavy (non-hydrogen) atoms. The van der Waals surface area contributed by atoms with Crippen molar-refractivity contribution in [2.45, 2.75) is 117 Å². The maximum Gasteiger partial charge on any atom is 0.360 e. The lowest BCUT2D eigenvalue weighted by Crippen LogP contribution is -2.86. The Hall–Kier alpha value is -3.99. The van der Waals surface area contributed by atoms with E-state index in [1.807, 2.05) is 27.7 Å². The molecule has 9 atom stereocenters. The fraction of sp³-hybridized carbons (Fsp3) is 0.767. The predicted molar refractivity (Wildman–Crippen MR) is 156 cm³/mol. The van der Waals surface area contributed by atoms with Crippen LogP contribution >= 0.6 is 0 Å². The van der Waals surface area contributed by atoms with Crippen molar-refractivity contribution in [3.63, 3.8) is 0 Å². The minimum absolute atomic E-state index is 0.431. The van der Waals surface area contributed by atoms with Crippen LogP contribution in [0, 0.1) is 16.7 Å². The number of nitrogens with one attached hydrogen (secondary N) is 1. The van der Waals surface area contributed by atoms with Crippen molar-refractivity contribution in [3.8, 4) is 0 Å². The molecule has 3 rings (SSSR count). The largest absolute Gasteiger partial charge is 0.465 e. The van der Waals surface area contributed by atoms with Gasteiger partial charge in [-0.3, -0.25) is 28.9 Å². The summed E-state index contributed by atoms with van der Waals surface area (Å²) >= 11 is 0. The molecule has 1 unspecified atom stereocenters. The number of nitrogens with zero attached hydrogens (tertiary/aromatic N) is 1. The normalized spacial score (nSPS) is 31.7. The quantitative estimate of drug-likeness (QED) is 0.235. The van der Waals surface area contributed by atoms with Gasteiger partial charge in [0.1, 0.15) is 18.8 Å². The van der Waals surface area contributed by atoms with Gasteiger partial charge in [0, 0.05) is 53.0 Å². The highest BCUT2D eigenvalue weighted by Gasteiger charge is 2.74. The lowest BCUT2D eigenvalue weighted by Gasteiger charge is -2.72. The van der Waals surface area contributed by atoms with Gasteiger partial charge in [-0.1, -0.05) is 27.7 Å². The van der Waals surface area contributed by atoms with E-state index in [-0.39, 0.29) is 0 Å². The highest BCUT2D eigenvalue weighted by atomic mass is 16.7. The van der Waals surface area contributed by atoms with Crippen molar-refractivity contribution < 1.29 is 66.7 Å². The fourth-order valence-electron chi connectivity index (χ4n) is 7.05. The van der Waals surface area contributed by atoms with Crippen LogP contribution in [0.15, 0.2) is 0 Å². The van der Waals surface area contributed by atoms with Gasteiger partial charge in [-0.25, -0.2) is 9.59 Å². The number of methoxy groups -OCH3 is 1. The number of ether oxygens (including phenoxy) is 7. The number of carbonyl (C=O) groups excluding carboxylic acids is 7. The summed E-state index contributed by atoms with van der Waals surface area (Å²) in [5.41, 5.74) is 2.80. The summed E-state index contributed by atoms with van der Waals surface area (Å²) in [5, 5.41) is 2.68. The molecule has 0 aromatic heterocycles. The Labute approximate surface area is 272 Å². The topological polar surface area (TPSA) is 225 Å². The van der Waals surface area contributed by atoms with E-state index in [0.29, 0.717) is 0 Å². The summed E-state index contributed by atoms with van der Waals surface area (Å²) in [6.45, 7) is 12.3. The molecule has 0 aromatic rings. The van der Waals surface area contributed by atoms with Crippen LogP contribution in [0.1, 0.15) is 68.7 Å². The molecule has 2 saturated heterocycles. The first-order chi connectivity index (χ1) is 21.6. The van der Waals surface area contributed by atoms with E-state index in [1.54, 1.807) is 0 Å². The monoisotopic (exact) mass is 671 g/mol. The van der Waals surface area contributed by atoms with Crippen molar-refractivity contribution in [3.05, 3.63) is 0 Å².